The zero-order valence-electron chi connectivity index (χ0n) is 6.47. The molecular weight excluding hydrogens is 194 g/mol. The number of hydrogen-bond donors (Lipinski definition) is 2. The first-order valence-electron chi connectivity index (χ1n) is 3.43. The molecule has 6 nitrogen and oxygen atoms in total. The Morgan fingerprint density at radius 2 is 2.08 bits per heavy atom. The molecule has 3 N–H and O–H groups in total. The van der Waals surface area contributed by atoms with Crippen LogP contribution < -0.4 is 20.0 Å². The molecule has 1 aliphatic heterocycles. The topological polar surface area (TPSA) is 84.7 Å². The highest BCUT2D eigenvalue weighted by Gasteiger charge is 2.27. The van der Waals surface area contributed by atoms with Gasteiger partial charge in [0.25, 0.3) is 0 Å². The molecular formula is C6H7N3O3S. The van der Waals surface area contributed by atoms with Crippen LogP contribution in [0, 0.1) is 0 Å². The zero-order chi connectivity index (χ0) is 9.47. The summed E-state index contributed by atoms with van der Waals surface area (Å²) in [5.74, 6) is 0.427. The highest BCUT2D eigenvalue weighted by molar-refractivity contribution is 7.90. The number of rotatable bonds is 1. The predicted octanol–water partition coefficient (Wildman–Crippen LogP) is -0.491. The zero-order valence-corrected chi connectivity index (χ0v) is 7.28. The van der Waals surface area contributed by atoms with Crippen LogP contribution in [0.1, 0.15) is 0 Å². The van der Waals surface area contributed by atoms with Gasteiger partial charge in [0.1, 0.15) is 5.69 Å². The highest BCUT2D eigenvalue weighted by atomic mass is 32.2. The lowest BCUT2D eigenvalue weighted by Crippen LogP contribution is -2.44. The molecule has 7 heteroatoms. The number of anilines is 1. The SMILES string of the molecule is NS(=O)(=O)N1NOc2ccccc21. The lowest BCUT2D eigenvalue weighted by Gasteiger charge is -2.11. The van der Waals surface area contributed by atoms with Crippen LogP contribution in [-0.4, -0.2) is 8.42 Å². The third kappa shape index (κ3) is 1.32. The Balaban J connectivity index is 2.51. The fourth-order valence-electron chi connectivity index (χ4n) is 1.04. The fourth-order valence-corrected chi connectivity index (χ4v) is 1.61. The van der Waals surface area contributed by atoms with Gasteiger partial charge in [0.2, 0.25) is 0 Å². The third-order valence-corrected chi connectivity index (χ3v) is 2.36. The second-order valence-electron chi connectivity index (χ2n) is 2.47. The van der Waals surface area contributed by atoms with E-state index in [1.807, 2.05) is 0 Å². The molecule has 0 atom stereocenters. The van der Waals surface area contributed by atoms with Gasteiger partial charge in [0, 0.05) is 0 Å². The van der Waals surface area contributed by atoms with Crippen molar-refractivity contribution in [3.8, 4) is 5.75 Å². The minimum atomic E-state index is -3.82. The third-order valence-electron chi connectivity index (χ3n) is 1.58. The molecule has 1 aromatic rings. The van der Waals surface area contributed by atoms with E-state index in [1.54, 1.807) is 24.3 Å². The molecule has 0 bridgehead atoms. The fraction of sp³-hybridized carbons (Fsp3) is 0. The van der Waals surface area contributed by atoms with Gasteiger partial charge in [-0.1, -0.05) is 12.1 Å². The van der Waals surface area contributed by atoms with Crippen LogP contribution in [0.25, 0.3) is 0 Å². The summed E-state index contributed by atoms with van der Waals surface area (Å²) >= 11 is 0. The molecule has 0 spiro atoms. The lowest BCUT2D eigenvalue weighted by molar-refractivity contribution is 0.231. The van der Waals surface area contributed by atoms with Crippen molar-refractivity contribution < 1.29 is 13.3 Å². The van der Waals surface area contributed by atoms with Gasteiger partial charge in [-0.25, -0.2) is 5.14 Å². The Kier molecular flexibility index (Phi) is 1.65. The summed E-state index contributed by atoms with van der Waals surface area (Å²) in [6, 6.07) is 6.63. The second kappa shape index (κ2) is 2.59. The van der Waals surface area contributed by atoms with Gasteiger partial charge >= 0.3 is 10.2 Å². The minimum Gasteiger partial charge on any atom is -0.386 e. The lowest BCUT2D eigenvalue weighted by atomic mass is 10.3. The molecule has 0 unspecified atom stereocenters. The van der Waals surface area contributed by atoms with E-state index in [-0.39, 0.29) is 0 Å². The van der Waals surface area contributed by atoms with Crippen molar-refractivity contribution in [3.63, 3.8) is 0 Å². The van der Waals surface area contributed by atoms with E-state index in [4.69, 9.17) is 9.98 Å². The average Bonchev–Trinajstić information content (AvgIpc) is 2.45. The maximum absolute atomic E-state index is 11.0. The van der Waals surface area contributed by atoms with Crippen molar-refractivity contribution in [2.24, 2.45) is 5.14 Å². The van der Waals surface area contributed by atoms with Gasteiger partial charge in [0.15, 0.2) is 5.75 Å². The van der Waals surface area contributed by atoms with Crippen LogP contribution in [0.2, 0.25) is 0 Å². The summed E-state index contributed by atoms with van der Waals surface area (Å²) in [6.45, 7) is 0. The largest absolute Gasteiger partial charge is 0.386 e. The van der Waals surface area contributed by atoms with E-state index in [1.165, 1.54) is 0 Å². The van der Waals surface area contributed by atoms with E-state index >= 15 is 0 Å². The molecule has 1 heterocycles. The van der Waals surface area contributed by atoms with Crippen molar-refractivity contribution in [1.29, 1.82) is 0 Å². The number of nitrogens with two attached hydrogens (primary N) is 1. The van der Waals surface area contributed by atoms with Crippen LogP contribution >= 0.6 is 0 Å². The summed E-state index contributed by atoms with van der Waals surface area (Å²) < 4.78 is 22.7. The Morgan fingerprint density at radius 3 is 2.77 bits per heavy atom. The minimum absolute atomic E-state index is 0.380. The molecule has 1 aliphatic rings. The van der Waals surface area contributed by atoms with Crippen molar-refractivity contribution >= 4 is 15.9 Å². The summed E-state index contributed by atoms with van der Waals surface area (Å²) in [4.78, 5) is 4.85. The Hall–Kier alpha value is -1.31. The van der Waals surface area contributed by atoms with Crippen LogP contribution in [-0.2, 0) is 10.2 Å². The van der Waals surface area contributed by atoms with Crippen LogP contribution in [0.4, 0.5) is 5.69 Å². The number of nitrogens with zero attached hydrogens (tertiary/aromatic N) is 1. The van der Waals surface area contributed by atoms with Crippen LogP contribution in [0.15, 0.2) is 24.3 Å². The molecule has 70 valence electrons. The van der Waals surface area contributed by atoms with Crippen molar-refractivity contribution in [2.45, 2.75) is 0 Å². The Labute approximate surface area is 75.0 Å². The predicted molar refractivity (Wildman–Crippen MR) is 45.8 cm³/mol. The smallest absolute Gasteiger partial charge is 0.315 e. The molecule has 13 heavy (non-hydrogen) atoms. The molecule has 0 aromatic heterocycles. The Bertz CT molecular complexity index is 431. The van der Waals surface area contributed by atoms with Gasteiger partial charge in [-0.05, 0) is 17.7 Å². The summed E-state index contributed by atoms with van der Waals surface area (Å²) in [6.07, 6.45) is 0. The summed E-state index contributed by atoms with van der Waals surface area (Å²) in [5.41, 5.74) is 2.56. The highest BCUT2D eigenvalue weighted by Crippen LogP contribution is 2.31. The van der Waals surface area contributed by atoms with Gasteiger partial charge in [-0.2, -0.15) is 12.8 Å². The number of hydrogen-bond acceptors (Lipinski definition) is 4. The molecule has 1 aromatic carbocycles. The molecule has 0 saturated heterocycles. The number of para-hydroxylation sites is 2. The maximum Gasteiger partial charge on any atom is 0.315 e. The van der Waals surface area contributed by atoms with Gasteiger partial charge < -0.3 is 4.84 Å². The van der Waals surface area contributed by atoms with Gasteiger partial charge in [-0.15, -0.1) is 0 Å². The van der Waals surface area contributed by atoms with Gasteiger partial charge in [0.05, 0.1) is 0 Å². The van der Waals surface area contributed by atoms with E-state index in [2.05, 4.69) is 5.59 Å². The Morgan fingerprint density at radius 1 is 1.38 bits per heavy atom. The monoisotopic (exact) mass is 201 g/mol. The van der Waals surface area contributed by atoms with Crippen LogP contribution in [0.5, 0.6) is 5.75 Å². The first kappa shape index (κ1) is 8.30. The first-order valence-corrected chi connectivity index (χ1v) is 4.94. The normalized spacial score (nSPS) is 15.3. The molecule has 2 rings (SSSR count). The average molecular weight is 201 g/mol. The quantitative estimate of drug-likeness (QED) is 0.642. The number of hydrazine groups is 1. The summed E-state index contributed by atoms with van der Waals surface area (Å²) in [5, 5.41) is 4.91. The van der Waals surface area contributed by atoms with E-state index < -0.39 is 10.2 Å². The van der Waals surface area contributed by atoms with Crippen molar-refractivity contribution in [1.82, 2.24) is 5.59 Å². The summed E-state index contributed by atoms with van der Waals surface area (Å²) in [7, 11) is -3.82. The molecule has 0 saturated carbocycles. The van der Waals surface area contributed by atoms with Gasteiger partial charge in [-0.3, -0.25) is 0 Å². The molecule has 0 aliphatic carbocycles. The van der Waals surface area contributed by atoms with E-state index in [0.29, 0.717) is 11.4 Å². The standard InChI is InChI=1S/C6H7N3O3S/c7-13(10,11)9-5-3-1-2-4-6(5)12-8-9/h1-4,8H,(H2,7,10,11). The number of benzene rings is 1. The second-order valence-corrected chi connectivity index (χ2v) is 3.87. The molecule has 0 fully saturated rings. The van der Waals surface area contributed by atoms with Crippen LogP contribution in [0.3, 0.4) is 0 Å². The number of fused-ring (bicyclic) bond motifs is 1. The van der Waals surface area contributed by atoms with E-state index in [9.17, 15) is 8.42 Å². The van der Waals surface area contributed by atoms with Crippen molar-refractivity contribution in [3.05, 3.63) is 24.3 Å². The molecule has 0 radical (unpaired) electrons. The first-order chi connectivity index (χ1) is 6.09. The maximum atomic E-state index is 11.0. The van der Waals surface area contributed by atoms with E-state index in [0.717, 1.165) is 4.41 Å². The van der Waals surface area contributed by atoms with Crippen molar-refractivity contribution in [2.75, 3.05) is 4.41 Å². The molecule has 0 amide bonds. The number of nitrogens with one attached hydrogen (secondary N) is 1.